The second kappa shape index (κ2) is 6.00. The lowest BCUT2D eigenvalue weighted by Crippen LogP contribution is -2.29. The smallest absolute Gasteiger partial charge is 0.320 e. The van der Waals surface area contributed by atoms with Crippen LogP contribution in [-0.4, -0.2) is 17.1 Å². The molecule has 3 N–H and O–H groups in total. The van der Waals surface area contributed by atoms with Crippen LogP contribution < -0.4 is 5.73 Å². The summed E-state index contributed by atoms with van der Waals surface area (Å²) in [5.74, 6) is -0.204. The van der Waals surface area contributed by atoms with Crippen molar-refractivity contribution in [1.82, 2.24) is 0 Å². The first-order valence-corrected chi connectivity index (χ1v) is 4.56. The molecule has 0 aliphatic heterocycles. The van der Waals surface area contributed by atoms with Gasteiger partial charge in [0, 0.05) is 0 Å². The van der Waals surface area contributed by atoms with Gasteiger partial charge >= 0.3 is 5.97 Å². The van der Waals surface area contributed by atoms with Crippen LogP contribution in [0.3, 0.4) is 0 Å². The van der Waals surface area contributed by atoms with Crippen molar-refractivity contribution in [3.05, 3.63) is 0 Å². The number of carboxylic acid groups (broad SMARTS) is 1. The molecule has 0 aliphatic rings. The highest BCUT2D eigenvalue weighted by molar-refractivity contribution is 5.72. The highest BCUT2D eigenvalue weighted by atomic mass is 16.4. The highest BCUT2D eigenvalue weighted by Crippen LogP contribution is 2.11. The minimum Gasteiger partial charge on any atom is -0.480 e. The average Bonchev–Trinajstić information content (AvgIpc) is 2.03. The average molecular weight is 173 g/mol. The van der Waals surface area contributed by atoms with Gasteiger partial charge < -0.3 is 10.8 Å². The zero-order valence-corrected chi connectivity index (χ0v) is 7.92. The summed E-state index contributed by atoms with van der Waals surface area (Å²) in [4.78, 5) is 10.3. The molecule has 3 heteroatoms. The van der Waals surface area contributed by atoms with Crippen LogP contribution in [0.15, 0.2) is 0 Å². The molecule has 0 aromatic heterocycles. The maximum atomic E-state index is 10.3. The molecule has 0 heterocycles. The molecule has 72 valence electrons. The number of nitrogens with two attached hydrogens (primary N) is 1. The van der Waals surface area contributed by atoms with Crippen LogP contribution in [0.25, 0.3) is 0 Å². The SMILES string of the molecule is CCC(C)CCCC(N)C(=O)O. The molecule has 2 atom stereocenters. The van der Waals surface area contributed by atoms with Gasteiger partial charge in [0.1, 0.15) is 6.04 Å². The Morgan fingerprint density at radius 2 is 2.08 bits per heavy atom. The normalized spacial score (nSPS) is 15.6. The molecule has 0 rings (SSSR count). The summed E-state index contributed by atoms with van der Waals surface area (Å²) >= 11 is 0. The van der Waals surface area contributed by atoms with Gasteiger partial charge in [-0.05, 0) is 12.3 Å². The van der Waals surface area contributed by atoms with Crippen molar-refractivity contribution in [3.8, 4) is 0 Å². The van der Waals surface area contributed by atoms with E-state index in [1.807, 2.05) is 0 Å². The zero-order chi connectivity index (χ0) is 9.56. The fourth-order valence-electron chi connectivity index (χ4n) is 1.01. The molecule has 0 saturated carbocycles. The molecule has 0 aliphatic carbocycles. The molecule has 12 heavy (non-hydrogen) atoms. The van der Waals surface area contributed by atoms with Gasteiger partial charge in [-0.25, -0.2) is 0 Å². The van der Waals surface area contributed by atoms with Crippen LogP contribution in [0.4, 0.5) is 0 Å². The molecule has 0 amide bonds. The number of aliphatic carboxylic acids is 1. The van der Waals surface area contributed by atoms with Crippen LogP contribution >= 0.6 is 0 Å². The topological polar surface area (TPSA) is 63.3 Å². The Morgan fingerprint density at radius 1 is 1.50 bits per heavy atom. The summed E-state index contributed by atoms with van der Waals surface area (Å²) in [7, 11) is 0. The maximum Gasteiger partial charge on any atom is 0.320 e. The number of hydrogen-bond acceptors (Lipinski definition) is 2. The maximum absolute atomic E-state index is 10.3. The van der Waals surface area contributed by atoms with Crippen molar-refractivity contribution in [2.24, 2.45) is 11.7 Å². The molecule has 2 unspecified atom stereocenters. The highest BCUT2D eigenvalue weighted by Gasteiger charge is 2.10. The molecule has 0 fully saturated rings. The van der Waals surface area contributed by atoms with Gasteiger partial charge in [-0.3, -0.25) is 4.79 Å². The van der Waals surface area contributed by atoms with E-state index in [0.717, 1.165) is 19.3 Å². The molecular formula is C9H19NO2. The van der Waals surface area contributed by atoms with E-state index in [1.165, 1.54) is 0 Å². The summed E-state index contributed by atoms with van der Waals surface area (Å²) < 4.78 is 0. The van der Waals surface area contributed by atoms with Crippen LogP contribution in [-0.2, 0) is 4.79 Å². The Labute approximate surface area is 74.0 Å². The van der Waals surface area contributed by atoms with Gasteiger partial charge in [0.05, 0.1) is 0 Å². The van der Waals surface area contributed by atoms with Crippen molar-refractivity contribution >= 4 is 5.97 Å². The first-order chi connectivity index (χ1) is 5.57. The zero-order valence-electron chi connectivity index (χ0n) is 7.92. The van der Waals surface area contributed by atoms with E-state index in [2.05, 4.69) is 13.8 Å². The van der Waals surface area contributed by atoms with Crippen molar-refractivity contribution in [1.29, 1.82) is 0 Å². The number of carbonyl (C=O) groups is 1. The monoisotopic (exact) mass is 173 g/mol. The molecular weight excluding hydrogens is 154 g/mol. The fraction of sp³-hybridized carbons (Fsp3) is 0.889. The summed E-state index contributed by atoms with van der Waals surface area (Å²) in [6, 6.07) is -0.672. The predicted octanol–water partition coefficient (Wildman–Crippen LogP) is 1.61. The van der Waals surface area contributed by atoms with Crippen molar-refractivity contribution in [3.63, 3.8) is 0 Å². The number of rotatable bonds is 6. The van der Waals surface area contributed by atoms with Crippen LogP contribution in [0.2, 0.25) is 0 Å². The molecule has 0 bridgehead atoms. The second-order valence-electron chi connectivity index (χ2n) is 3.39. The molecule has 0 saturated heterocycles. The van der Waals surface area contributed by atoms with Crippen LogP contribution in [0.1, 0.15) is 39.5 Å². The Morgan fingerprint density at radius 3 is 2.50 bits per heavy atom. The molecule has 0 aromatic carbocycles. The molecule has 0 aromatic rings. The molecule has 3 nitrogen and oxygen atoms in total. The second-order valence-corrected chi connectivity index (χ2v) is 3.39. The van der Waals surface area contributed by atoms with E-state index in [1.54, 1.807) is 0 Å². The van der Waals surface area contributed by atoms with Gasteiger partial charge in [-0.1, -0.05) is 33.1 Å². The van der Waals surface area contributed by atoms with E-state index >= 15 is 0 Å². The van der Waals surface area contributed by atoms with Crippen LogP contribution in [0, 0.1) is 5.92 Å². The van der Waals surface area contributed by atoms with E-state index in [-0.39, 0.29) is 0 Å². The Kier molecular flexibility index (Phi) is 5.72. The van der Waals surface area contributed by atoms with Crippen molar-refractivity contribution in [2.45, 2.75) is 45.6 Å². The van der Waals surface area contributed by atoms with Crippen LogP contribution in [0.5, 0.6) is 0 Å². The third kappa shape index (κ3) is 5.13. The Balaban J connectivity index is 3.37. The van der Waals surface area contributed by atoms with E-state index in [0.29, 0.717) is 12.3 Å². The van der Waals surface area contributed by atoms with Crippen molar-refractivity contribution in [2.75, 3.05) is 0 Å². The molecule has 0 radical (unpaired) electrons. The summed E-state index contributed by atoms with van der Waals surface area (Å²) in [5.41, 5.74) is 5.34. The quantitative estimate of drug-likeness (QED) is 0.641. The largest absolute Gasteiger partial charge is 0.480 e. The summed E-state index contributed by atoms with van der Waals surface area (Å²) in [6.07, 6.45) is 3.75. The lowest BCUT2D eigenvalue weighted by molar-refractivity contribution is -0.138. The Bertz CT molecular complexity index is 136. The summed E-state index contributed by atoms with van der Waals surface area (Å²) in [6.45, 7) is 4.31. The minimum atomic E-state index is -0.890. The third-order valence-electron chi connectivity index (χ3n) is 2.23. The van der Waals surface area contributed by atoms with E-state index < -0.39 is 12.0 Å². The molecule has 0 spiro atoms. The van der Waals surface area contributed by atoms with Gasteiger partial charge in [-0.15, -0.1) is 0 Å². The lowest BCUT2D eigenvalue weighted by Gasteiger charge is -2.09. The van der Waals surface area contributed by atoms with E-state index in [9.17, 15) is 4.79 Å². The number of hydrogen-bond donors (Lipinski definition) is 2. The standard InChI is InChI=1S/C9H19NO2/c1-3-7(2)5-4-6-8(10)9(11)12/h7-8H,3-6,10H2,1-2H3,(H,11,12). The minimum absolute atomic E-state index is 0.597. The van der Waals surface area contributed by atoms with E-state index in [4.69, 9.17) is 10.8 Å². The fourth-order valence-corrected chi connectivity index (χ4v) is 1.01. The van der Waals surface area contributed by atoms with Gasteiger partial charge in [0.25, 0.3) is 0 Å². The Hall–Kier alpha value is -0.570. The first kappa shape index (κ1) is 11.4. The lowest BCUT2D eigenvalue weighted by atomic mass is 10.00. The predicted molar refractivity (Wildman–Crippen MR) is 48.9 cm³/mol. The first-order valence-electron chi connectivity index (χ1n) is 4.56. The van der Waals surface area contributed by atoms with Gasteiger partial charge in [-0.2, -0.15) is 0 Å². The third-order valence-corrected chi connectivity index (χ3v) is 2.23. The summed E-state index contributed by atoms with van der Waals surface area (Å²) in [5, 5.41) is 8.48. The number of carboxylic acids is 1. The van der Waals surface area contributed by atoms with Gasteiger partial charge in [0.2, 0.25) is 0 Å². The van der Waals surface area contributed by atoms with Gasteiger partial charge in [0.15, 0.2) is 0 Å². The van der Waals surface area contributed by atoms with Crippen molar-refractivity contribution < 1.29 is 9.90 Å².